The molecule has 2 N–H and O–H groups in total. The van der Waals surface area contributed by atoms with Crippen molar-refractivity contribution in [1.82, 2.24) is 15.0 Å². The Bertz CT molecular complexity index is 856. The predicted octanol–water partition coefficient (Wildman–Crippen LogP) is 4.25. The second kappa shape index (κ2) is 7.24. The Morgan fingerprint density at radius 3 is 2.79 bits per heavy atom. The molecule has 0 unspecified atom stereocenters. The summed E-state index contributed by atoms with van der Waals surface area (Å²) < 4.78 is 5.29. The Hall–Kier alpha value is -2.71. The van der Waals surface area contributed by atoms with Crippen LogP contribution in [0.15, 0.2) is 43.0 Å². The molecular formula is C15H12ClN5O2S. The molecule has 9 heteroatoms. The molecule has 0 aliphatic rings. The number of nitrogens with zero attached hydrogens (tertiary/aromatic N) is 3. The maximum Gasteiger partial charge on any atom is 0.418 e. The van der Waals surface area contributed by atoms with Crippen LogP contribution in [0.4, 0.5) is 21.2 Å². The van der Waals surface area contributed by atoms with Gasteiger partial charge in [0.1, 0.15) is 6.33 Å². The van der Waals surface area contributed by atoms with Crippen molar-refractivity contribution in [3.05, 3.63) is 53.0 Å². The molecule has 24 heavy (non-hydrogen) atoms. The second-order valence-corrected chi connectivity index (χ2v) is 6.28. The predicted molar refractivity (Wildman–Crippen MR) is 93.3 cm³/mol. The molecule has 0 atom stereocenters. The minimum atomic E-state index is -0.657. The summed E-state index contributed by atoms with van der Waals surface area (Å²) in [5.41, 5.74) is 1.20. The van der Waals surface area contributed by atoms with E-state index >= 15 is 0 Å². The van der Waals surface area contributed by atoms with Crippen LogP contribution < -0.4 is 15.4 Å². The lowest BCUT2D eigenvalue weighted by molar-refractivity contribution is 0.214. The van der Waals surface area contributed by atoms with Gasteiger partial charge in [-0.1, -0.05) is 29.0 Å². The Morgan fingerprint density at radius 1 is 1.25 bits per heavy atom. The minimum absolute atomic E-state index is 0.181. The monoisotopic (exact) mass is 361 g/mol. The van der Waals surface area contributed by atoms with E-state index in [-0.39, 0.29) is 5.88 Å². The SMILES string of the molecule is Cc1nc(OC(=O)Nc2cccc(Cl)c2)c(Nc2cncnc2)s1. The van der Waals surface area contributed by atoms with Gasteiger partial charge in [-0.2, -0.15) is 0 Å². The smallest absolute Gasteiger partial charge is 0.388 e. The number of nitrogens with one attached hydrogen (secondary N) is 2. The molecule has 0 saturated heterocycles. The van der Waals surface area contributed by atoms with E-state index in [1.54, 1.807) is 36.7 Å². The van der Waals surface area contributed by atoms with E-state index in [2.05, 4.69) is 25.6 Å². The number of ether oxygens (including phenoxy) is 1. The minimum Gasteiger partial charge on any atom is -0.388 e. The summed E-state index contributed by atoms with van der Waals surface area (Å²) >= 11 is 7.24. The van der Waals surface area contributed by atoms with Crippen molar-refractivity contribution in [2.24, 2.45) is 0 Å². The van der Waals surface area contributed by atoms with E-state index in [1.807, 2.05) is 6.92 Å². The number of thiazole rings is 1. The number of aromatic nitrogens is 3. The number of aryl methyl sites for hydroxylation is 1. The van der Waals surface area contributed by atoms with Gasteiger partial charge in [0.25, 0.3) is 5.88 Å². The summed E-state index contributed by atoms with van der Waals surface area (Å²) in [5, 5.41) is 7.53. The van der Waals surface area contributed by atoms with Gasteiger partial charge in [0.2, 0.25) is 0 Å². The molecule has 2 aromatic heterocycles. The number of hydrogen-bond acceptors (Lipinski definition) is 7. The fourth-order valence-corrected chi connectivity index (χ4v) is 2.81. The van der Waals surface area contributed by atoms with E-state index in [9.17, 15) is 4.79 Å². The van der Waals surface area contributed by atoms with Gasteiger partial charge in [0.15, 0.2) is 5.00 Å². The number of carbonyl (C=O) groups is 1. The number of hydrogen-bond donors (Lipinski definition) is 2. The first-order valence-corrected chi connectivity index (χ1v) is 8.03. The van der Waals surface area contributed by atoms with Crippen LogP contribution in [0.5, 0.6) is 5.88 Å². The zero-order valence-electron chi connectivity index (χ0n) is 12.5. The van der Waals surface area contributed by atoms with Gasteiger partial charge in [0.05, 0.1) is 23.1 Å². The molecule has 3 rings (SSSR count). The van der Waals surface area contributed by atoms with Crippen LogP contribution in [-0.4, -0.2) is 21.0 Å². The first-order valence-electron chi connectivity index (χ1n) is 6.84. The molecule has 0 aliphatic heterocycles. The van der Waals surface area contributed by atoms with E-state index in [4.69, 9.17) is 16.3 Å². The molecule has 122 valence electrons. The Balaban J connectivity index is 1.71. The van der Waals surface area contributed by atoms with Crippen molar-refractivity contribution in [2.45, 2.75) is 6.92 Å². The van der Waals surface area contributed by atoms with Crippen molar-refractivity contribution < 1.29 is 9.53 Å². The van der Waals surface area contributed by atoms with Crippen LogP contribution in [-0.2, 0) is 0 Å². The van der Waals surface area contributed by atoms with Crippen LogP contribution in [0, 0.1) is 6.92 Å². The number of amides is 1. The van der Waals surface area contributed by atoms with Crippen LogP contribution in [0.3, 0.4) is 0 Å². The lowest BCUT2D eigenvalue weighted by Gasteiger charge is -2.07. The highest BCUT2D eigenvalue weighted by Crippen LogP contribution is 2.33. The van der Waals surface area contributed by atoms with Gasteiger partial charge in [-0.3, -0.25) is 5.32 Å². The van der Waals surface area contributed by atoms with E-state index in [0.29, 0.717) is 21.4 Å². The van der Waals surface area contributed by atoms with E-state index < -0.39 is 6.09 Å². The fourth-order valence-electron chi connectivity index (χ4n) is 1.85. The first-order chi connectivity index (χ1) is 11.6. The molecule has 0 fully saturated rings. The molecule has 7 nitrogen and oxygen atoms in total. The van der Waals surface area contributed by atoms with Crippen LogP contribution in [0.1, 0.15) is 5.01 Å². The lowest BCUT2D eigenvalue weighted by atomic mass is 10.3. The van der Waals surface area contributed by atoms with Crippen molar-refractivity contribution in [3.63, 3.8) is 0 Å². The maximum atomic E-state index is 12.0. The van der Waals surface area contributed by atoms with Crippen LogP contribution >= 0.6 is 22.9 Å². The zero-order chi connectivity index (χ0) is 16.9. The first kappa shape index (κ1) is 16.2. The third-order valence-electron chi connectivity index (χ3n) is 2.78. The summed E-state index contributed by atoms with van der Waals surface area (Å²) in [4.78, 5) is 24.1. The lowest BCUT2D eigenvalue weighted by Crippen LogP contribution is -2.17. The number of anilines is 3. The summed E-state index contributed by atoms with van der Waals surface area (Å²) in [7, 11) is 0. The third-order valence-corrected chi connectivity index (χ3v) is 3.88. The third kappa shape index (κ3) is 4.18. The van der Waals surface area contributed by atoms with Gasteiger partial charge in [-0.25, -0.2) is 19.7 Å². The summed E-state index contributed by atoms with van der Waals surface area (Å²) in [6, 6.07) is 6.77. The second-order valence-electron chi connectivity index (χ2n) is 4.64. The molecule has 1 amide bonds. The average Bonchev–Trinajstić information content (AvgIpc) is 2.87. The largest absolute Gasteiger partial charge is 0.418 e. The summed E-state index contributed by atoms with van der Waals surface area (Å²) in [6.07, 6.45) is 3.99. The molecule has 3 aromatic rings. The maximum absolute atomic E-state index is 12.0. The van der Waals surface area contributed by atoms with Crippen molar-refractivity contribution in [2.75, 3.05) is 10.6 Å². The van der Waals surface area contributed by atoms with Crippen molar-refractivity contribution >= 4 is 45.4 Å². The number of carbonyl (C=O) groups excluding carboxylic acids is 1. The Kier molecular flexibility index (Phi) is 4.88. The topological polar surface area (TPSA) is 89.0 Å². The van der Waals surface area contributed by atoms with Crippen molar-refractivity contribution in [1.29, 1.82) is 0 Å². The molecule has 1 aromatic carbocycles. The highest BCUT2D eigenvalue weighted by molar-refractivity contribution is 7.16. The molecular weight excluding hydrogens is 350 g/mol. The molecule has 0 radical (unpaired) electrons. The number of halogens is 1. The van der Waals surface area contributed by atoms with Gasteiger partial charge in [0, 0.05) is 10.7 Å². The van der Waals surface area contributed by atoms with Crippen LogP contribution in [0.2, 0.25) is 5.02 Å². The average molecular weight is 362 g/mol. The fraction of sp³-hybridized carbons (Fsp3) is 0.0667. The highest BCUT2D eigenvalue weighted by Gasteiger charge is 2.15. The number of rotatable bonds is 4. The van der Waals surface area contributed by atoms with Crippen molar-refractivity contribution in [3.8, 4) is 5.88 Å². The van der Waals surface area contributed by atoms with Gasteiger partial charge in [-0.15, -0.1) is 0 Å². The zero-order valence-corrected chi connectivity index (χ0v) is 14.1. The van der Waals surface area contributed by atoms with E-state index in [0.717, 1.165) is 5.01 Å². The molecule has 0 saturated carbocycles. The quantitative estimate of drug-likeness (QED) is 0.722. The van der Waals surface area contributed by atoms with Gasteiger partial charge in [-0.05, 0) is 25.1 Å². The van der Waals surface area contributed by atoms with Gasteiger partial charge < -0.3 is 10.1 Å². The van der Waals surface area contributed by atoms with Crippen LogP contribution in [0.25, 0.3) is 0 Å². The normalized spacial score (nSPS) is 10.2. The summed E-state index contributed by atoms with van der Waals surface area (Å²) in [5.74, 6) is 0.181. The Labute approximate surface area is 146 Å². The Morgan fingerprint density at radius 2 is 2.04 bits per heavy atom. The molecule has 0 bridgehead atoms. The standard InChI is InChI=1S/C15H12ClN5O2S/c1-9-19-13(14(24-9)20-12-6-17-8-18-7-12)23-15(22)21-11-4-2-3-10(16)5-11/h2-8,20H,1H3,(H,21,22). The molecule has 0 aliphatic carbocycles. The summed E-state index contributed by atoms with van der Waals surface area (Å²) in [6.45, 7) is 1.82. The van der Waals surface area contributed by atoms with E-state index in [1.165, 1.54) is 17.7 Å². The molecule has 0 spiro atoms. The molecule has 2 heterocycles. The van der Waals surface area contributed by atoms with Gasteiger partial charge >= 0.3 is 6.09 Å². The highest BCUT2D eigenvalue weighted by atomic mass is 35.5. The number of benzene rings is 1.